The first-order chi connectivity index (χ1) is 12.5. The summed E-state index contributed by atoms with van der Waals surface area (Å²) in [5, 5.41) is -0.332. The first kappa shape index (κ1) is 23.7. The van der Waals surface area contributed by atoms with Crippen molar-refractivity contribution in [2.24, 2.45) is 11.8 Å². The molecule has 0 N–H and O–H groups in total. The molecule has 27 heavy (non-hydrogen) atoms. The molecule has 2 rings (SSSR count). The summed E-state index contributed by atoms with van der Waals surface area (Å²) >= 11 is 38.8. The topological polar surface area (TPSA) is 52.6 Å². The zero-order valence-electron chi connectivity index (χ0n) is 14.8. The summed E-state index contributed by atoms with van der Waals surface area (Å²) in [5.74, 6) is -4.22. The van der Waals surface area contributed by atoms with Crippen LogP contribution in [0.2, 0.25) is 0 Å². The zero-order chi connectivity index (χ0) is 20.6. The molecule has 4 nitrogen and oxygen atoms in total. The molecule has 0 saturated heterocycles. The van der Waals surface area contributed by atoms with Crippen LogP contribution in [0.4, 0.5) is 0 Å². The molecule has 0 heterocycles. The van der Waals surface area contributed by atoms with Crippen molar-refractivity contribution in [3.05, 3.63) is 10.1 Å². The molecule has 154 valence electrons. The first-order valence-electron chi connectivity index (χ1n) is 8.68. The fourth-order valence-electron chi connectivity index (χ4n) is 3.39. The van der Waals surface area contributed by atoms with E-state index in [4.69, 9.17) is 79.1 Å². The highest BCUT2D eigenvalue weighted by molar-refractivity contribution is 6.66. The molecule has 0 aromatic rings. The molecular formula is C17H20Cl6O4. The van der Waals surface area contributed by atoms with E-state index in [1.807, 2.05) is 13.8 Å². The predicted molar refractivity (Wildman–Crippen MR) is 109 cm³/mol. The molecule has 4 unspecified atom stereocenters. The molecule has 1 fully saturated rings. The molecule has 0 aromatic heterocycles. The Labute approximate surface area is 188 Å². The third-order valence-electron chi connectivity index (χ3n) is 4.93. The number of unbranched alkanes of at least 4 members (excludes halogenated alkanes) is 2. The van der Waals surface area contributed by atoms with Crippen LogP contribution >= 0.6 is 69.6 Å². The highest BCUT2D eigenvalue weighted by Crippen LogP contribution is 2.76. The smallest absolute Gasteiger partial charge is 0.312 e. The Morgan fingerprint density at radius 2 is 1.15 bits per heavy atom. The van der Waals surface area contributed by atoms with E-state index < -0.39 is 37.9 Å². The lowest BCUT2D eigenvalue weighted by atomic mass is 9.82. The van der Waals surface area contributed by atoms with Crippen LogP contribution in [0.3, 0.4) is 0 Å². The SMILES string of the molecule is CCCCOC(=O)C1C(C(=O)OCCCC)C2(Cl)C(Cl)=C(Cl)C1(Cl)C2(Cl)Cl. The van der Waals surface area contributed by atoms with E-state index in [2.05, 4.69) is 0 Å². The molecule has 10 heteroatoms. The Hall–Kier alpha value is 0.420. The van der Waals surface area contributed by atoms with Crippen LogP contribution in [0.25, 0.3) is 0 Å². The van der Waals surface area contributed by atoms with Gasteiger partial charge < -0.3 is 9.47 Å². The number of carbonyl (C=O) groups is 2. The van der Waals surface area contributed by atoms with Gasteiger partial charge in [-0.1, -0.05) is 73.1 Å². The number of hydrogen-bond donors (Lipinski definition) is 0. The van der Waals surface area contributed by atoms with Gasteiger partial charge in [-0.3, -0.25) is 9.59 Å². The standard InChI is InChI=1S/C17H20Cl6O4/c1-3-5-7-26-13(24)9-10(14(25)27-8-6-4-2)16(21)12(19)11(18)15(9,20)17(16,22)23/h9-10H,3-8H2,1-2H3. The van der Waals surface area contributed by atoms with Gasteiger partial charge in [-0.05, 0) is 12.8 Å². The van der Waals surface area contributed by atoms with Gasteiger partial charge in [0.2, 0.25) is 0 Å². The molecular weight excluding hydrogens is 481 g/mol. The fraction of sp³-hybridized carbons (Fsp3) is 0.765. The van der Waals surface area contributed by atoms with E-state index >= 15 is 0 Å². The lowest BCUT2D eigenvalue weighted by molar-refractivity contribution is -0.160. The normalized spacial score (nSPS) is 34.1. The lowest BCUT2D eigenvalue weighted by Crippen LogP contribution is -2.46. The Kier molecular flexibility index (Phi) is 7.59. The van der Waals surface area contributed by atoms with Crippen molar-refractivity contribution < 1.29 is 19.1 Å². The van der Waals surface area contributed by atoms with E-state index in [0.29, 0.717) is 12.8 Å². The van der Waals surface area contributed by atoms with Gasteiger partial charge in [0.25, 0.3) is 0 Å². The van der Waals surface area contributed by atoms with Gasteiger partial charge in [0.05, 0.1) is 35.1 Å². The van der Waals surface area contributed by atoms with E-state index in [9.17, 15) is 9.59 Å². The number of fused-ring (bicyclic) bond motifs is 2. The molecule has 0 aliphatic heterocycles. The number of rotatable bonds is 8. The zero-order valence-corrected chi connectivity index (χ0v) is 19.3. The second kappa shape index (κ2) is 8.65. The van der Waals surface area contributed by atoms with Crippen LogP contribution in [0.1, 0.15) is 39.5 Å². The van der Waals surface area contributed by atoms with Crippen molar-refractivity contribution in [2.45, 2.75) is 53.6 Å². The molecule has 1 saturated carbocycles. The maximum atomic E-state index is 12.8. The highest BCUT2D eigenvalue weighted by atomic mass is 35.5. The van der Waals surface area contributed by atoms with Gasteiger partial charge in [0.1, 0.15) is 9.75 Å². The molecule has 2 aliphatic carbocycles. The van der Waals surface area contributed by atoms with Crippen molar-refractivity contribution in [2.75, 3.05) is 13.2 Å². The minimum atomic E-state index is -2.03. The molecule has 2 aliphatic rings. The van der Waals surface area contributed by atoms with E-state index in [1.54, 1.807) is 0 Å². The summed E-state index contributed by atoms with van der Waals surface area (Å²) in [7, 11) is 0. The van der Waals surface area contributed by atoms with Crippen LogP contribution in [0, 0.1) is 11.8 Å². The van der Waals surface area contributed by atoms with Gasteiger partial charge in [-0.15, -0.1) is 23.2 Å². The summed E-state index contributed by atoms with van der Waals surface area (Å²) in [6, 6.07) is 0. The second-order valence-electron chi connectivity index (χ2n) is 6.62. The summed E-state index contributed by atoms with van der Waals surface area (Å²) in [4.78, 5) is 21.8. The van der Waals surface area contributed by atoms with Gasteiger partial charge in [0, 0.05) is 0 Å². The molecule has 0 spiro atoms. The van der Waals surface area contributed by atoms with E-state index in [-0.39, 0.29) is 23.3 Å². The summed E-state index contributed by atoms with van der Waals surface area (Å²) < 4.78 is 8.53. The minimum Gasteiger partial charge on any atom is -0.465 e. The summed E-state index contributed by atoms with van der Waals surface area (Å²) in [6.45, 7) is 4.19. The summed E-state index contributed by atoms with van der Waals surface area (Å²) in [6.07, 6.45) is 2.91. The van der Waals surface area contributed by atoms with Crippen molar-refractivity contribution >= 4 is 81.5 Å². The monoisotopic (exact) mass is 498 g/mol. The molecule has 0 radical (unpaired) electrons. The summed E-state index contributed by atoms with van der Waals surface area (Å²) in [5.41, 5.74) is 0. The van der Waals surface area contributed by atoms with Crippen LogP contribution in [0.15, 0.2) is 10.1 Å². The van der Waals surface area contributed by atoms with Crippen LogP contribution < -0.4 is 0 Å². The number of halogens is 6. The third-order valence-corrected chi connectivity index (χ3v) is 9.19. The number of carbonyl (C=O) groups excluding carboxylic acids is 2. The molecule has 2 bridgehead atoms. The Morgan fingerprint density at radius 1 is 0.815 bits per heavy atom. The average molecular weight is 501 g/mol. The van der Waals surface area contributed by atoms with Crippen molar-refractivity contribution in [3.8, 4) is 0 Å². The van der Waals surface area contributed by atoms with Gasteiger partial charge in [-0.2, -0.15) is 0 Å². The van der Waals surface area contributed by atoms with Gasteiger partial charge in [-0.25, -0.2) is 0 Å². The Balaban J connectivity index is 2.47. The Morgan fingerprint density at radius 3 is 1.44 bits per heavy atom. The van der Waals surface area contributed by atoms with Crippen LogP contribution in [-0.2, 0) is 19.1 Å². The number of ether oxygens (including phenoxy) is 2. The molecule has 4 atom stereocenters. The van der Waals surface area contributed by atoms with Crippen molar-refractivity contribution in [1.82, 2.24) is 0 Å². The number of hydrogen-bond acceptors (Lipinski definition) is 4. The van der Waals surface area contributed by atoms with Crippen molar-refractivity contribution in [1.29, 1.82) is 0 Å². The maximum Gasteiger partial charge on any atom is 0.312 e. The van der Waals surface area contributed by atoms with Gasteiger partial charge >= 0.3 is 11.9 Å². The number of allylic oxidation sites excluding steroid dienone is 2. The van der Waals surface area contributed by atoms with Crippen LogP contribution in [-0.4, -0.2) is 39.2 Å². The largest absolute Gasteiger partial charge is 0.465 e. The fourth-order valence-corrected chi connectivity index (χ4v) is 6.31. The van der Waals surface area contributed by atoms with Crippen molar-refractivity contribution in [3.63, 3.8) is 0 Å². The minimum absolute atomic E-state index is 0.151. The molecule has 0 amide bonds. The Bertz CT molecular complexity index is 599. The van der Waals surface area contributed by atoms with E-state index in [1.165, 1.54) is 0 Å². The maximum absolute atomic E-state index is 12.8. The molecule has 0 aromatic carbocycles. The number of esters is 2. The predicted octanol–water partition coefficient (Wildman–Crippen LogP) is 5.75. The van der Waals surface area contributed by atoms with Crippen LogP contribution in [0.5, 0.6) is 0 Å². The third kappa shape index (κ3) is 3.37. The average Bonchev–Trinajstić information content (AvgIpc) is 2.82. The first-order valence-corrected chi connectivity index (χ1v) is 10.9. The highest BCUT2D eigenvalue weighted by Gasteiger charge is 2.85. The van der Waals surface area contributed by atoms with E-state index in [0.717, 1.165) is 12.8 Å². The number of alkyl halides is 4. The second-order valence-corrected chi connectivity index (χ2v) is 9.90. The van der Waals surface area contributed by atoms with Gasteiger partial charge in [0.15, 0.2) is 4.33 Å². The lowest BCUT2D eigenvalue weighted by Gasteiger charge is -2.33. The quantitative estimate of drug-likeness (QED) is 0.242.